The van der Waals surface area contributed by atoms with Crippen LogP contribution in [0.3, 0.4) is 0 Å². The molecule has 0 bridgehead atoms. The lowest BCUT2D eigenvalue weighted by Crippen LogP contribution is -2.41. The molecule has 1 atom stereocenters. The molecule has 0 aromatic heterocycles. The largest absolute Gasteiger partial charge is 0.508 e. The predicted molar refractivity (Wildman–Crippen MR) is 107 cm³/mol. The smallest absolute Gasteiger partial charge is 0.303 e. The summed E-state index contributed by atoms with van der Waals surface area (Å²) in [5.74, 6) is 0.137. The van der Waals surface area contributed by atoms with Gasteiger partial charge in [0.05, 0.1) is 0 Å². The van der Waals surface area contributed by atoms with Crippen molar-refractivity contribution < 1.29 is 15.0 Å². The van der Waals surface area contributed by atoms with Crippen molar-refractivity contribution in [1.29, 1.82) is 0 Å². The summed E-state index contributed by atoms with van der Waals surface area (Å²) in [6.07, 6.45) is 6.17. The minimum Gasteiger partial charge on any atom is -0.508 e. The van der Waals surface area contributed by atoms with Crippen LogP contribution in [0.1, 0.15) is 55.6 Å². The zero-order chi connectivity index (χ0) is 19.1. The van der Waals surface area contributed by atoms with E-state index in [1.54, 1.807) is 12.1 Å². The molecule has 0 spiro atoms. The number of hydrogen-bond donors (Lipinski definition) is 3. The molecule has 3 N–H and O–H groups in total. The molecule has 27 heavy (non-hydrogen) atoms. The number of phenolic OH excluding ortho intramolecular Hbond substituents is 1. The third-order valence-corrected chi connectivity index (χ3v) is 5.59. The van der Waals surface area contributed by atoms with E-state index in [0.717, 1.165) is 32.1 Å². The topological polar surface area (TPSA) is 69.6 Å². The van der Waals surface area contributed by atoms with E-state index in [1.165, 1.54) is 11.1 Å². The molecule has 2 aromatic rings. The van der Waals surface area contributed by atoms with Crippen molar-refractivity contribution >= 4 is 5.97 Å². The van der Waals surface area contributed by atoms with Crippen LogP contribution in [0.15, 0.2) is 54.6 Å². The molecular formula is C23H29NO3. The monoisotopic (exact) mass is 367 g/mol. The summed E-state index contributed by atoms with van der Waals surface area (Å²) in [6, 6.07) is 18.5. The highest BCUT2D eigenvalue weighted by Gasteiger charge is 2.24. The Labute approximate surface area is 161 Å². The van der Waals surface area contributed by atoms with Crippen molar-refractivity contribution in [3.8, 4) is 5.75 Å². The molecule has 4 heteroatoms. The van der Waals surface area contributed by atoms with Crippen LogP contribution in [-0.4, -0.2) is 28.3 Å². The SMILES string of the molecule is O=C(O)CCC(Cc1ccccc1)NC1CCC(c2ccc(O)cc2)CC1. The quantitative estimate of drug-likeness (QED) is 0.643. The molecule has 0 heterocycles. The summed E-state index contributed by atoms with van der Waals surface area (Å²) < 4.78 is 0. The Bertz CT molecular complexity index is 706. The normalized spacial score (nSPS) is 20.9. The summed E-state index contributed by atoms with van der Waals surface area (Å²) in [5, 5.41) is 22.3. The fourth-order valence-corrected chi connectivity index (χ4v) is 4.11. The van der Waals surface area contributed by atoms with Crippen LogP contribution >= 0.6 is 0 Å². The lowest BCUT2D eigenvalue weighted by molar-refractivity contribution is -0.137. The van der Waals surface area contributed by atoms with Crippen molar-refractivity contribution in [3.63, 3.8) is 0 Å². The fraction of sp³-hybridized carbons (Fsp3) is 0.435. The first-order chi connectivity index (χ1) is 13.1. The van der Waals surface area contributed by atoms with Crippen LogP contribution in [0.5, 0.6) is 5.75 Å². The molecule has 3 rings (SSSR count). The number of hydrogen-bond acceptors (Lipinski definition) is 3. The van der Waals surface area contributed by atoms with Crippen LogP contribution in [0.25, 0.3) is 0 Å². The second kappa shape index (κ2) is 9.56. The van der Waals surface area contributed by atoms with Crippen LogP contribution in [0.2, 0.25) is 0 Å². The van der Waals surface area contributed by atoms with E-state index >= 15 is 0 Å². The van der Waals surface area contributed by atoms with E-state index in [9.17, 15) is 9.90 Å². The highest BCUT2D eigenvalue weighted by atomic mass is 16.4. The number of carboxylic acids is 1. The predicted octanol–water partition coefficient (Wildman–Crippen LogP) is 4.48. The summed E-state index contributed by atoms with van der Waals surface area (Å²) >= 11 is 0. The number of nitrogens with one attached hydrogen (secondary N) is 1. The average molecular weight is 367 g/mol. The number of benzene rings is 2. The molecule has 0 radical (unpaired) electrons. The second-order valence-corrected chi connectivity index (χ2v) is 7.63. The molecule has 1 aliphatic rings. The number of aliphatic carboxylic acids is 1. The maximum absolute atomic E-state index is 11.0. The van der Waals surface area contributed by atoms with Gasteiger partial charge in [-0.2, -0.15) is 0 Å². The molecule has 1 fully saturated rings. The summed E-state index contributed by atoms with van der Waals surface area (Å²) in [5.41, 5.74) is 2.55. The second-order valence-electron chi connectivity index (χ2n) is 7.63. The van der Waals surface area contributed by atoms with Gasteiger partial charge in [-0.3, -0.25) is 4.79 Å². The maximum atomic E-state index is 11.0. The van der Waals surface area contributed by atoms with Crippen molar-refractivity contribution in [2.75, 3.05) is 0 Å². The highest BCUT2D eigenvalue weighted by Crippen LogP contribution is 2.33. The van der Waals surface area contributed by atoms with Gasteiger partial charge in [0.2, 0.25) is 0 Å². The molecule has 1 aliphatic carbocycles. The molecule has 0 saturated heterocycles. The number of carbonyl (C=O) groups is 1. The van der Waals surface area contributed by atoms with Gasteiger partial charge in [0.1, 0.15) is 5.75 Å². The zero-order valence-electron chi connectivity index (χ0n) is 15.7. The van der Waals surface area contributed by atoms with E-state index in [4.69, 9.17) is 5.11 Å². The first-order valence-electron chi connectivity index (χ1n) is 9.91. The van der Waals surface area contributed by atoms with Crippen LogP contribution < -0.4 is 5.32 Å². The third-order valence-electron chi connectivity index (χ3n) is 5.59. The molecular weight excluding hydrogens is 338 g/mol. The van der Waals surface area contributed by atoms with Crippen LogP contribution in [0.4, 0.5) is 0 Å². The minimum absolute atomic E-state index is 0.193. The summed E-state index contributed by atoms with van der Waals surface area (Å²) in [4.78, 5) is 11.0. The first kappa shape index (κ1) is 19.4. The van der Waals surface area contributed by atoms with E-state index < -0.39 is 5.97 Å². The average Bonchev–Trinajstić information content (AvgIpc) is 2.68. The molecule has 0 amide bonds. The molecule has 2 aromatic carbocycles. The van der Waals surface area contributed by atoms with Gasteiger partial charge >= 0.3 is 5.97 Å². The zero-order valence-corrected chi connectivity index (χ0v) is 15.7. The number of rotatable bonds is 8. The van der Waals surface area contributed by atoms with Crippen molar-refractivity contribution in [2.24, 2.45) is 0 Å². The van der Waals surface area contributed by atoms with Gasteiger partial charge in [-0.15, -0.1) is 0 Å². The number of aromatic hydroxyl groups is 1. The number of phenols is 1. The van der Waals surface area contributed by atoms with Crippen molar-refractivity contribution in [3.05, 3.63) is 65.7 Å². The molecule has 4 nitrogen and oxygen atoms in total. The standard InChI is InChI=1S/C23H29NO3/c25-22-13-8-19(9-14-22)18-6-10-20(11-7-18)24-21(12-15-23(26)27)16-17-4-2-1-3-5-17/h1-5,8-9,13-14,18,20-21,24-25H,6-7,10-12,15-16H2,(H,26,27). The van der Waals surface area contributed by atoms with E-state index in [2.05, 4.69) is 17.4 Å². The van der Waals surface area contributed by atoms with Gasteiger partial charge < -0.3 is 15.5 Å². The molecule has 1 saturated carbocycles. The highest BCUT2D eigenvalue weighted by molar-refractivity contribution is 5.66. The number of carboxylic acid groups (broad SMARTS) is 1. The Morgan fingerprint density at radius 3 is 2.30 bits per heavy atom. The maximum Gasteiger partial charge on any atom is 0.303 e. The molecule has 144 valence electrons. The van der Waals surface area contributed by atoms with Gasteiger partial charge in [0, 0.05) is 18.5 Å². The van der Waals surface area contributed by atoms with Crippen LogP contribution in [0, 0.1) is 0 Å². The van der Waals surface area contributed by atoms with Gasteiger partial charge in [-0.25, -0.2) is 0 Å². The van der Waals surface area contributed by atoms with E-state index in [1.807, 2.05) is 30.3 Å². The van der Waals surface area contributed by atoms with E-state index in [-0.39, 0.29) is 12.5 Å². The molecule has 1 unspecified atom stereocenters. The van der Waals surface area contributed by atoms with Gasteiger partial charge in [-0.1, -0.05) is 42.5 Å². The van der Waals surface area contributed by atoms with Gasteiger partial charge in [-0.05, 0) is 67.7 Å². The van der Waals surface area contributed by atoms with Gasteiger partial charge in [0.25, 0.3) is 0 Å². The summed E-state index contributed by atoms with van der Waals surface area (Å²) in [7, 11) is 0. The van der Waals surface area contributed by atoms with E-state index in [0.29, 0.717) is 24.1 Å². The Kier molecular flexibility index (Phi) is 6.88. The summed E-state index contributed by atoms with van der Waals surface area (Å²) in [6.45, 7) is 0. The minimum atomic E-state index is -0.731. The Morgan fingerprint density at radius 2 is 1.67 bits per heavy atom. The Balaban J connectivity index is 1.54. The Hall–Kier alpha value is -2.33. The fourth-order valence-electron chi connectivity index (χ4n) is 4.11. The van der Waals surface area contributed by atoms with Crippen LogP contribution in [-0.2, 0) is 11.2 Å². The lowest BCUT2D eigenvalue weighted by Gasteiger charge is -2.32. The van der Waals surface area contributed by atoms with Gasteiger partial charge in [0.15, 0.2) is 0 Å². The molecule has 0 aliphatic heterocycles. The Morgan fingerprint density at radius 1 is 1.00 bits per heavy atom. The lowest BCUT2D eigenvalue weighted by atomic mass is 9.81. The van der Waals surface area contributed by atoms with Crippen molar-refractivity contribution in [1.82, 2.24) is 5.32 Å². The van der Waals surface area contributed by atoms with Crippen molar-refractivity contribution in [2.45, 2.75) is 62.9 Å². The first-order valence-corrected chi connectivity index (χ1v) is 9.91. The third kappa shape index (κ3) is 6.10.